The average Bonchev–Trinajstić information content (AvgIpc) is 2.26. The topological polar surface area (TPSA) is 153 Å². The van der Waals surface area contributed by atoms with Crippen molar-refractivity contribution < 1.29 is 14.4 Å². The summed E-state index contributed by atoms with van der Waals surface area (Å²) >= 11 is 0. The summed E-state index contributed by atoms with van der Waals surface area (Å²) < 4.78 is 0. The van der Waals surface area contributed by atoms with Gasteiger partial charge in [-0.3, -0.25) is 14.4 Å². The maximum Gasteiger partial charge on any atom is 0.252 e. The van der Waals surface area contributed by atoms with Crippen molar-refractivity contribution in [2.24, 2.45) is 17.2 Å². The molecule has 98 valence electrons. The number of unbranched alkanes of at least 4 members (excludes halogenated alkanes) is 1. The predicted octanol–water partition coefficient (Wildman–Crippen LogP) is -2.88. The van der Waals surface area contributed by atoms with E-state index in [9.17, 15) is 14.4 Å². The summed E-state index contributed by atoms with van der Waals surface area (Å²) in [4.78, 5) is 32.2. The van der Waals surface area contributed by atoms with Gasteiger partial charge in [0.2, 0.25) is 12.3 Å². The van der Waals surface area contributed by atoms with Crippen LogP contribution in [0.1, 0.15) is 19.3 Å². The molecule has 1 unspecified atom stereocenters. The van der Waals surface area contributed by atoms with Gasteiger partial charge in [-0.1, -0.05) is 0 Å². The second-order valence-corrected chi connectivity index (χ2v) is 3.56. The number of primary amides is 1. The molecular formula is C9H19N5O3. The highest BCUT2D eigenvalue weighted by Crippen LogP contribution is 2.00. The van der Waals surface area contributed by atoms with Crippen LogP contribution in [0.25, 0.3) is 0 Å². The van der Waals surface area contributed by atoms with Crippen LogP contribution in [-0.2, 0) is 14.4 Å². The molecule has 0 fully saturated rings. The Hall–Kier alpha value is -1.67. The van der Waals surface area contributed by atoms with E-state index in [-0.39, 0.29) is 0 Å². The Bertz CT molecular complexity index is 269. The number of rotatable bonds is 9. The first-order valence-corrected chi connectivity index (χ1v) is 5.27. The van der Waals surface area contributed by atoms with Gasteiger partial charge in [-0.15, -0.1) is 0 Å². The number of amides is 3. The van der Waals surface area contributed by atoms with E-state index in [4.69, 9.17) is 17.2 Å². The average molecular weight is 245 g/mol. The van der Waals surface area contributed by atoms with Crippen LogP contribution >= 0.6 is 0 Å². The van der Waals surface area contributed by atoms with Gasteiger partial charge in [-0.05, 0) is 19.3 Å². The third-order valence-corrected chi connectivity index (χ3v) is 2.11. The lowest BCUT2D eigenvalue weighted by Crippen LogP contribution is -2.53. The SMILES string of the molecule is NC(=O)C(CCCCNC=O)NC(=O)C(N)N. The predicted molar refractivity (Wildman–Crippen MR) is 61.2 cm³/mol. The van der Waals surface area contributed by atoms with Crippen molar-refractivity contribution in [3.05, 3.63) is 0 Å². The molecule has 0 bridgehead atoms. The van der Waals surface area contributed by atoms with Crippen LogP contribution in [0.5, 0.6) is 0 Å². The summed E-state index contributed by atoms with van der Waals surface area (Å²) in [7, 11) is 0. The molecule has 0 aromatic heterocycles. The van der Waals surface area contributed by atoms with Crippen molar-refractivity contribution in [1.82, 2.24) is 10.6 Å². The van der Waals surface area contributed by atoms with Gasteiger partial charge in [-0.25, -0.2) is 0 Å². The van der Waals surface area contributed by atoms with E-state index >= 15 is 0 Å². The zero-order chi connectivity index (χ0) is 13.3. The highest BCUT2D eigenvalue weighted by Gasteiger charge is 2.19. The molecule has 3 amide bonds. The maximum atomic E-state index is 11.2. The van der Waals surface area contributed by atoms with Crippen LogP contribution in [0.2, 0.25) is 0 Å². The second-order valence-electron chi connectivity index (χ2n) is 3.56. The first-order valence-electron chi connectivity index (χ1n) is 5.27. The van der Waals surface area contributed by atoms with Crippen LogP contribution in [0.15, 0.2) is 0 Å². The summed E-state index contributed by atoms with van der Waals surface area (Å²) in [6, 6.07) is -0.784. The molecule has 0 radical (unpaired) electrons. The van der Waals surface area contributed by atoms with Crippen LogP contribution < -0.4 is 27.8 Å². The van der Waals surface area contributed by atoms with Gasteiger partial charge in [0.05, 0.1) is 0 Å². The molecule has 8 N–H and O–H groups in total. The minimum absolute atomic E-state index is 0.383. The zero-order valence-corrected chi connectivity index (χ0v) is 9.52. The lowest BCUT2D eigenvalue weighted by molar-refractivity contribution is -0.128. The zero-order valence-electron chi connectivity index (χ0n) is 9.52. The molecule has 0 aliphatic rings. The number of nitrogens with one attached hydrogen (secondary N) is 2. The molecule has 0 aromatic rings. The first kappa shape index (κ1) is 15.3. The van der Waals surface area contributed by atoms with Gasteiger partial charge < -0.3 is 27.8 Å². The van der Waals surface area contributed by atoms with E-state index in [1.807, 2.05) is 0 Å². The Morgan fingerprint density at radius 2 is 1.88 bits per heavy atom. The number of hydrogen-bond donors (Lipinski definition) is 5. The van der Waals surface area contributed by atoms with E-state index in [1.54, 1.807) is 0 Å². The van der Waals surface area contributed by atoms with Gasteiger partial charge in [0, 0.05) is 6.54 Å². The molecular weight excluding hydrogens is 226 g/mol. The molecule has 0 heterocycles. The smallest absolute Gasteiger partial charge is 0.252 e. The van der Waals surface area contributed by atoms with Gasteiger partial charge in [0.15, 0.2) is 0 Å². The van der Waals surface area contributed by atoms with Crippen LogP contribution in [-0.4, -0.2) is 37.0 Å². The molecule has 0 rings (SSSR count). The van der Waals surface area contributed by atoms with Gasteiger partial charge in [0.1, 0.15) is 12.2 Å². The highest BCUT2D eigenvalue weighted by atomic mass is 16.2. The van der Waals surface area contributed by atoms with Gasteiger partial charge in [-0.2, -0.15) is 0 Å². The molecule has 0 aromatic carbocycles. The maximum absolute atomic E-state index is 11.2. The number of carbonyl (C=O) groups is 3. The van der Waals surface area contributed by atoms with E-state index in [1.165, 1.54) is 0 Å². The summed E-state index contributed by atoms with van der Waals surface area (Å²) in [5, 5.41) is 4.84. The molecule has 17 heavy (non-hydrogen) atoms. The van der Waals surface area contributed by atoms with Crippen molar-refractivity contribution in [2.75, 3.05) is 6.54 Å². The van der Waals surface area contributed by atoms with Crippen LogP contribution in [0, 0.1) is 0 Å². The van der Waals surface area contributed by atoms with Crippen molar-refractivity contribution in [3.8, 4) is 0 Å². The Morgan fingerprint density at radius 3 is 2.35 bits per heavy atom. The van der Waals surface area contributed by atoms with E-state index in [2.05, 4.69) is 10.6 Å². The van der Waals surface area contributed by atoms with Crippen LogP contribution in [0.3, 0.4) is 0 Å². The van der Waals surface area contributed by atoms with Gasteiger partial charge >= 0.3 is 0 Å². The van der Waals surface area contributed by atoms with Crippen molar-refractivity contribution in [1.29, 1.82) is 0 Å². The Morgan fingerprint density at radius 1 is 1.24 bits per heavy atom. The monoisotopic (exact) mass is 245 g/mol. The molecule has 0 saturated carbocycles. The lowest BCUT2D eigenvalue weighted by atomic mass is 10.1. The van der Waals surface area contributed by atoms with Crippen LogP contribution in [0.4, 0.5) is 0 Å². The Balaban J connectivity index is 3.95. The Kier molecular flexibility index (Phi) is 7.65. The normalized spacial score (nSPS) is 11.9. The van der Waals surface area contributed by atoms with E-state index in [0.29, 0.717) is 32.2 Å². The molecule has 1 atom stereocenters. The summed E-state index contributed by atoms with van der Waals surface area (Å²) in [6.45, 7) is 0.513. The van der Waals surface area contributed by atoms with Gasteiger partial charge in [0.25, 0.3) is 5.91 Å². The minimum Gasteiger partial charge on any atom is -0.368 e. The van der Waals surface area contributed by atoms with Crippen molar-refractivity contribution >= 4 is 18.2 Å². The molecule has 0 aliphatic carbocycles. The van der Waals surface area contributed by atoms with Crippen molar-refractivity contribution in [2.45, 2.75) is 31.5 Å². The third kappa shape index (κ3) is 7.25. The standard InChI is InChI=1S/C9H19N5O3/c10-7(11)9(17)14-6(8(12)16)3-1-2-4-13-5-15/h5-7H,1-4,10-11H2,(H2,12,16)(H,13,15)(H,14,17). The molecule has 8 heteroatoms. The molecule has 0 saturated heterocycles. The highest BCUT2D eigenvalue weighted by molar-refractivity contribution is 5.88. The number of carbonyl (C=O) groups excluding carboxylic acids is 3. The molecule has 8 nitrogen and oxygen atoms in total. The fourth-order valence-electron chi connectivity index (χ4n) is 1.19. The fourth-order valence-corrected chi connectivity index (χ4v) is 1.19. The second kappa shape index (κ2) is 8.48. The minimum atomic E-state index is -1.17. The fraction of sp³-hybridized carbons (Fsp3) is 0.667. The lowest BCUT2D eigenvalue weighted by Gasteiger charge is -2.16. The first-order chi connectivity index (χ1) is 7.99. The summed E-state index contributed by atoms with van der Waals surface area (Å²) in [5.74, 6) is -1.26. The third-order valence-electron chi connectivity index (χ3n) is 2.11. The Labute approximate surface area is 99.3 Å². The quantitative estimate of drug-likeness (QED) is 0.168. The largest absolute Gasteiger partial charge is 0.368 e. The van der Waals surface area contributed by atoms with Crippen molar-refractivity contribution in [3.63, 3.8) is 0 Å². The molecule has 0 spiro atoms. The number of hydrogen-bond acceptors (Lipinski definition) is 5. The van der Waals surface area contributed by atoms with E-state index < -0.39 is 24.0 Å². The molecule has 0 aliphatic heterocycles. The summed E-state index contributed by atoms with van der Waals surface area (Å²) in [6.07, 6.45) is 1.13. The summed E-state index contributed by atoms with van der Waals surface area (Å²) in [5.41, 5.74) is 15.4. The van der Waals surface area contributed by atoms with E-state index in [0.717, 1.165) is 0 Å². The number of nitrogens with two attached hydrogens (primary N) is 3.